The summed E-state index contributed by atoms with van der Waals surface area (Å²) >= 11 is 0. The van der Waals surface area contributed by atoms with Crippen LogP contribution in [-0.4, -0.2) is 23.8 Å². The number of hydrogen-bond acceptors (Lipinski definition) is 2. The van der Waals surface area contributed by atoms with Gasteiger partial charge in [-0.25, -0.2) is 8.78 Å². The molecule has 0 unspecified atom stereocenters. The Morgan fingerprint density at radius 2 is 1.50 bits per heavy atom. The molecule has 0 N–H and O–H groups in total. The molecule has 2 aromatic rings. The van der Waals surface area contributed by atoms with Crippen molar-refractivity contribution in [1.82, 2.24) is 4.90 Å². The first kappa shape index (κ1) is 12.8. The molecule has 0 aromatic heterocycles. The van der Waals surface area contributed by atoms with Crippen molar-refractivity contribution < 1.29 is 8.78 Å². The quantitative estimate of drug-likeness (QED) is 0.837. The van der Waals surface area contributed by atoms with Crippen molar-refractivity contribution >= 4 is 5.84 Å². The van der Waals surface area contributed by atoms with Gasteiger partial charge in [0, 0.05) is 18.7 Å². The third-order valence-corrected chi connectivity index (χ3v) is 3.32. The number of aliphatic imine (C=N–C) groups is 1. The number of hydrogen-bond donors (Lipinski definition) is 0. The fourth-order valence-electron chi connectivity index (χ4n) is 2.32. The Kier molecular flexibility index (Phi) is 3.46. The Morgan fingerprint density at radius 3 is 2.15 bits per heavy atom. The molecular formula is C16H14F2N2. The molecule has 0 atom stereocenters. The molecule has 102 valence electrons. The highest BCUT2D eigenvalue weighted by molar-refractivity contribution is 5.99. The molecule has 3 rings (SSSR count). The van der Waals surface area contributed by atoms with E-state index in [9.17, 15) is 8.78 Å². The lowest BCUT2D eigenvalue weighted by molar-refractivity contribution is 0.452. The van der Waals surface area contributed by atoms with E-state index in [2.05, 4.69) is 9.89 Å². The van der Waals surface area contributed by atoms with Crippen LogP contribution in [0.4, 0.5) is 8.78 Å². The van der Waals surface area contributed by atoms with Gasteiger partial charge in [0.1, 0.15) is 17.5 Å². The zero-order valence-electron chi connectivity index (χ0n) is 10.9. The predicted molar refractivity (Wildman–Crippen MR) is 74.6 cm³/mol. The first-order chi connectivity index (χ1) is 9.72. The van der Waals surface area contributed by atoms with Crippen molar-refractivity contribution in [2.75, 3.05) is 13.1 Å². The molecule has 0 amide bonds. The summed E-state index contributed by atoms with van der Waals surface area (Å²) in [5.74, 6) is 0.384. The normalized spacial score (nSPS) is 14.5. The Hall–Kier alpha value is -2.23. The number of amidine groups is 1. The Bertz CT molecular complexity index is 618. The van der Waals surface area contributed by atoms with E-state index in [0.29, 0.717) is 6.54 Å². The molecule has 0 saturated heterocycles. The third-order valence-electron chi connectivity index (χ3n) is 3.32. The van der Waals surface area contributed by atoms with Gasteiger partial charge in [-0.3, -0.25) is 4.99 Å². The highest BCUT2D eigenvalue weighted by Crippen LogP contribution is 2.16. The summed E-state index contributed by atoms with van der Waals surface area (Å²) in [4.78, 5) is 6.60. The molecule has 20 heavy (non-hydrogen) atoms. The summed E-state index contributed by atoms with van der Waals surface area (Å²) in [6.45, 7) is 2.23. The summed E-state index contributed by atoms with van der Waals surface area (Å²) in [5.41, 5.74) is 1.94. The van der Waals surface area contributed by atoms with Crippen molar-refractivity contribution in [2.24, 2.45) is 4.99 Å². The smallest absolute Gasteiger partial charge is 0.131 e. The van der Waals surface area contributed by atoms with Crippen LogP contribution in [0.3, 0.4) is 0 Å². The van der Waals surface area contributed by atoms with E-state index in [1.165, 1.54) is 24.3 Å². The Labute approximate surface area is 116 Å². The fourth-order valence-corrected chi connectivity index (χ4v) is 2.32. The van der Waals surface area contributed by atoms with Crippen LogP contribution in [-0.2, 0) is 6.54 Å². The molecule has 0 fully saturated rings. The topological polar surface area (TPSA) is 15.6 Å². The maximum Gasteiger partial charge on any atom is 0.131 e. The van der Waals surface area contributed by atoms with Crippen molar-refractivity contribution in [2.45, 2.75) is 6.54 Å². The van der Waals surface area contributed by atoms with E-state index in [0.717, 1.165) is 30.1 Å². The van der Waals surface area contributed by atoms with Crippen LogP contribution in [0.5, 0.6) is 0 Å². The van der Waals surface area contributed by atoms with Crippen molar-refractivity contribution in [3.8, 4) is 0 Å². The zero-order chi connectivity index (χ0) is 13.9. The van der Waals surface area contributed by atoms with E-state index in [1.807, 2.05) is 0 Å². The largest absolute Gasteiger partial charge is 0.350 e. The van der Waals surface area contributed by atoms with E-state index >= 15 is 0 Å². The second-order valence-corrected chi connectivity index (χ2v) is 4.76. The van der Waals surface area contributed by atoms with Crippen LogP contribution >= 0.6 is 0 Å². The summed E-state index contributed by atoms with van der Waals surface area (Å²) in [5, 5.41) is 0. The van der Waals surface area contributed by atoms with Gasteiger partial charge in [0.05, 0.1) is 6.54 Å². The maximum absolute atomic E-state index is 13.0. The van der Waals surface area contributed by atoms with Gasteiger partial charge in [-0.1, -0.05) is 12.1 Å². The van der Waals surface area contributed by atoms with Gasteiger partial charge in [-0.15, -0.1) is 0 Å². The molecule has 0 radical (unpaired) electrons. The predicted octanol–water partition coefficient (Wildman–Crippen LogP) is 3.23. The summed E-state index contributed by atoms with van der Waals surface area (Å²) in [7, 11) is 0. The van der Waals surface area contributed by atoms with E-state index in [4.69, 9.17) is 0 Å². The van der Waals surface area contributed by atoms with Gasteiger partial charge in [-0.2, -0.15) is 0 Å². The van der Waals surface area contributed by atoms with Gasteiger partial charge >= 0.3 is 0 Å². The maximum atomic E-state index is 13.0. The van der Waals surface area contributed by atoms with Gasteiger partial charge in [0.15, 0.2) is 0 Å². The molecule has 0 bridgehead atoms. The van der Waals surface area contributed by atoms with Crippen LogP contribution < -0.4 is 0 Å². The number of benzene rings is 2. The number of nitrogens with zero attached hydrogens (tertiary/aromatic N) is 2. The number of rotatable bonds is 3. The zero-order valence-corrected chi connectivity index (χ0v) is 10.9. The van der Waals surface area contributed by atoms with Gasteiger partial charge in [0.25, 0.3) is 0 Å². The molecule has 2 aromatic carbocycles. The molecule has 1 aliphatic heterocycles. The molecule has 1 aliphatic rings. The molecule has 2 nitrogen and oxygen atoms in total. The molecule has 4 heteroatoms. The molecule has 0 saturated carbocycles. The first-order valence-corrected chi connectivity index (χ1v) is 6.52. The Balaban J connectivity index is 1.78. The highest BCUT2D eigenvalue weighted by atomic mass is 19.1. The minimum atomic E-state index is -0.252. The second kappa shape index (κ2) is 5.41. The average molecular weight is 272 g/mol. The Morgan fingerprint density at radius 1 is 0.900 bits per heavy atom. The van der Waals surface area contributed by atoms with Gasteiger partial charge in [0.2, 0.25) is 0 Å². The summed E-state index contributed by atoms with van der Waals surface area (Å²) in [6, 6.07) is 12.8. The number of halogens is 2. The van der Waals surface area contributed by atoms with Crippen molar-refractivity contribution in [3.63, 3.8) is 0 Å². The van der Waals surface area contributed by atoms with Crippen LogP contribution in [0.1, 0.15) is 11.1 Å². The molecule has 0 spiro atoms. The van der Waals surface area contributed by atoms with Crippen LogP contribution in [0, 0.1) is 11.6 Å². The lowest BCUT2D eigenvalue weighted by Gasteiger charge is -2.20. The average Bonchev–Trinajstić information content (AvgIpc) is 2.90. The fraction of sp³-hybridized carbons (Fsp3) is 0.188. The monoisotopic (exact) mass is 272 g/mol. The lowest BCUT2D eigenvalue weighted by atomic mass is 10.1. The summed E-state index contributed by atoms with van der Waals surface area (Å²) < 4.78 is 25.9. The second-order valence-electron chi connectivity index (χ2n) is 4.76. The van der Waals surface area contributed by atoms with E-state index in [-0.39, 0.29) is 11.6 Å². The third kappa shape index (κ3) is 2.69. The van der Waals surface area contributed by atoms with Crippen LogP contribution in [0.15, 0.2) is 53.5 Å². The summed E-state index contributed by atoms with van der Waals surface area (Å²) in [6.07, 6.45) is 0. The molecule has 0 aliphatic carbocycles. The van der Waals surface area contributed by atoms with Crippen molar-refractivity contribution in [1.29, 1.82) is 0 Å². The molecular weight excluding hydrogens is 258 g/mol. The lowest BCUT2D eigenvalue weighted by Crippen LogP contribution is -2.27. The van der Waals surface area contributed by atoms with Crippen LogP contribution in [0.25, 0.3) is 0 Å². The first-order valence-electron chi connectivity index (χ1n) is 6.52. The van der Waals surface area contributed by atoms with E-state index < -0.39 is 0 Å². The van der Waals surface area contributed by atoms with Gasteiger partial charge in [-0.05, 0) is 42.0 Å². The SMILES string of the molecule is Fc1ccc(CN2CCN=C2c2ccc(F)cc2)cc1. The minimum Gasteiger partial charge on any atom is -0.350 e. The van der Waals surface area contributed by atoms with E-state index in [1.54, 1.807) is 24.3 Å². The standard InChI is InChI=1S/C16H14F2N2/c17-14-5-1-12(2-6-14)11-20-10-9-19-16(20)13-3-7-15(18)8-4-13/h1-8H,9-11H2. The van der Waals surface area contributed by atoms with Gasteiger partial charge < -0.3 is 4.90 Å². The molecule has 1 heterocycles. The van der Waals surface area contributed by atoms with Crippen molar-refractivity contribution in [3.05, 3.63) is 71.3 Å². The highest BCUT2D eigenvalue weighted by Gasteiger charge is 2.18. The minimum absolute atomic E-state index is 0.234. The van der Waals surface area contributed by atoms with Crippen LogP contribution in [0.2, 0.25) is 0 Å².